The highest BCUT2D eigenvalue weighted by atomic mass is 31.2. The molecule has 0 spiro atoms. The van der Waals surface area contributed by atoms with Gasteiger partial charge in [0.2, 0.25) is 0 Å². The molecule has 0 aromatic heterocycles. The molecule has 21 heavy (non-hydrogen) atoms. The van der Waals surface area contributed by atoms with Crippen LogP contribution in [0.15, 0.2) is 54.6 Å². The molecule has 3 heteroatoms. The molecule has 0 fully saturated rings. The van der Waals surface area contributed by atoms with Gasteiger partial charge in [0.15, 0.2) is 0 Å². The summed E-state index contributed by atoms with van der Waals surface area (Å²) in [6.07, 6.45) is 5.99. The van der Waals surface area contributed by atoms with Crippen LogP contribution in [0.3, 0.4) is 0 Å². The van der Waals surface area contributed by atoms with Gasteiger partial charge in [-0.3, -0.25) is 4.57 Å². The van der Waals surface area contributed by atoms with E-state index in [9.17, 15) is 9.46 Å². The first-order valence-electron chi connectivity index (χ1n) is 7.62. The zero-order chi connectivity index (χ0) is 15.1. The van der Waals surface area contributed by atoms with Crippen molar-refractivity contribution in [2.24, 2.45) is 0 Å². The molecule has 0 aliphatic heterocycles. The van der Waals surface area contributed by atoms with Gasteiger partial charge in [0.1, 0.15) is 0 Å². The van der Waals surface area contributed by atoms with Crippen LogP contribution in [0.2, 0.25) is 0 Å². The Labute approximate surface area is 127 Å². The summed E-state index contributed by atoms with van der Waals surface area (Å²) >= 11 is 0. The Balaban J connectivity index is 2.06. The lowest BCUT2D eigenvalue weighted by Gasteiger charge is -2.12. The van der Waals surface area contributed by atoms with Gasteiger partial charge in [-0.15, -0.1) is 0 Å². The molecule has 1 atom stereocenters. The van der Waals surface area contributed by atoms with Crippen LogP contribution in [0.1, 0.15) is 38.2 Å². The van der Waals surface area contributed by atoms with Crippen molar-refractivity contribution in [1.29, 1.82) is 0 Å². The monoisotopic (exact) mass is 302 g/mol. The van der Waals surface area contributed by atoms with Crippen molar-refractivity contribution in [2.45, 2.75) is 39.0 Å². The average molecular weight is 302 g/mol. The second-order valence-electron chi connectivity index (χ2n) is 5.39. The molecule has 0 bridgehead atoms. The van der Waals surface area contributed by atoms with E-state index in [1.54, 1.807) is 36.4 Å². The maximum Gasteiger partial charge on any atom is 0.258 e. The minimum Gasteiger partial charge on any atom is -0.338 e. The van der Waals surface area contributed by atoms with E-state index in [2.05, 4.69) is 6.92 Å². The van der Waals surface area contributed by atoms with E-state index in [1.807, 2.05) is 18.2 Å². The van der Waals surface area contributed by atoms with Crippen molar-refractivity contribution in [3.05, 3.63) is 60.2 Å². The van der Waals surface area contributed by atoms with E-state index in [-0.39, 0.29) is 0 Å². The third-order valence-electron chi connectivity index (χ3n) is 3.71. The van der Waals surface area contributed by atoms with E-state index in [0.717, 1.165) is 6.42 Å². The molecule has 0 aliphatic carbocycles. The molecular weight excluding hydrogens is 279 g/mol. The lowest BCUT2D eigenvalue weighted by molar-refractivity contribution is 0.501. The molecule has 2 aromatic carbocycles. The van der Waals surface area contributed by atoms with Crippen LogP contribution in [0.25, 0.3) is 0 Å². The van der Waals surface area contributed by atoms with Crippen molar-refractivity contribution in [3.8, 4) is 0 Å². The minimum atomic E-state index is -3.45. The summed E-state index contributed by atoms with van der Waals surface area (Å²) < 4.78 is 12.6. The van der Waals surface area contributed by atoms with Crippen LogP contribution in [-0.2, 0) is 11.0 Å². The highest BCUT2D eigenvalue weighted by molar-refractivity contribution is 7.73. The van der Waals surface area contributed by atoms with Gasteiger partial charge in [0.05, 0.1) is 0 Å². The number of hydrogen-bond acceptors (Lipinski definition) is 1. The number of aryl methyl sites for hydroxylation is 1. The molecule has 2 nitrogen and oxygen atoms in total. The SMILES string of the molecule is CCCCCCc1ccc(P(=O)(O)c2ccccc2)cc1. The number of rotatable bonds is 7. The van der Waals surface area contributed by atoms with Crippen LogP contribution < -0.4 is 10.6 Å². The topological polar surface area (TPSA) is 37.3 Å². The van der Waals surface area contributed by atoms with Crippen LogP contribution in [0.4, 0.5) is 0 Å². The van der Waals surface area contributed by atoms with Crippen molar-refractivity contribution < 1.29 is 9.46 Å². The number of benzene rings is 2. The highest BCUT2D eigenvalue weighted by Crippen LogP contribution is 2.37. The Bertz CT molecular complexity index is 590. The van der Waals surface area contributed by atoms with Gasteiger partial charge in [0.25, 0.3) is 7.37 Å². The molecule has 1 N–H and O–H groups in total. The first kappa shape index (κ1) is 16.0. The smallest absolute Gasteiger partial charge is 0.258 e. The lowest BCUT2D eigenvalue weighted by atomic mass is 10.1. The molecule has 0 radical (unpaired) electrons. The van der Waals surface area contributed by atoms with Crippen LogP contribution in [0, 0.1) is 0 Å². The van der Waals surface area contributed by atoms with E-state index >= 15 is 0 Å². The summed E-state index contributed by atoms with van der Waals surface area (Å²) in [5.74, 6) is 0. The van der Waals surface area contributed by atoms with Crippen LogP contribution in [-0.4, -0.2) is 4.89 Å². The Morgan fingerprint density at radius 1 is 0.857 bits per heavy atom. The summed E-state index contributed by atoms with van der Waals surface area (Å²) in [6, 6.07) is 16.4. The van der Waals surface area contributed by atoms with Crippen molar-refractivity contribution >= 4 is 18.0 Å². The molecule has 0 saturated carbocycles. The minimum absolute atomic E-state index is 0.487. The Morgan fingerprint density at radius 2 is 1.48 bits per heavy atom. The quantitative estimate of drug-likeness (QED) is 0.619. The largest absolute Gasteiger partial charge is 0.338 e. The fourth-order valence-corrected chi connectivity index (χ4v) is 3.83. The third kappa shape index (κ3) is 4.30. The van der Waals surface area contributed by atoms with Gasteiger partial charge < -0.3 is 4.89 Å². The van der Waals surface area contributed by atoms with E-state index < -0.39 is 7.37 Å². The fourth-order valence-electron chi connectivity index (χ4n) is 2.40. The summed E-state index contributed by atoms with van der Waals surface area (Å²) in [5.41, 5.74) is 1.24. The van der Waals surface area contributed by atoms with Crippen molar-refractivity contribution in [2.75, 3.05) is 0 Å². The van der Waals surface area contributed by atoms with E-state index in [4.69, 9.17) is 0 Å². The summed E-state index contributed by atoms with van der Waals surface area (Å²) in [4.78, 5) is 10.3. The molecule has 0 amide bonds. The summed E-state index contributed by atoms with van der Waals surface area (Å²) in [5, 5.41) is 0.992. The first-order chi connectivity index (χ1) is 10.1. The first-order valence-corrected chi connectivity index (χ1v) is 9.28. The molecule has 0 heterocycles. The second-order valence-corrected chi connectivity index (χ2v) is 7.57. The van der Waals surface area contributed by atoms with Gasteiger partial charge in [0, 0.05) is 10.6 Å². The predicted octanol–water partition coefficient (Wildman–Crippen LogP) is 4.03. The molecule has 0 saturated heterocycles. The predicted molar refractivity (Wildman–Crippen MR) is 89.8 cm³/mol. The zero-order valence-corrected chi connectivity index (χ0v) is 13.4. The molecule has 112 valence electrons. The Morgan fingerprint density at radius 3 is 2.10 bits per heavy atom. The van der Waals surface area contributed by atoms with Crippen molar-refractivity contribution in [3.63, 3.8) is 0 Å². The maximum atomic E-state index is 12.6. The van der Waals surface area contributed by atoms with Gasteiger partial charge in [-0.1, -0.05) is 56.5 Å². The Hall–Kier alpha value is -1.37. The molecular formula is C18H23O2P. The van der Waals surface area contributed by atoms with Gasteiger partial charge in [-0.25, -0.2) is 0 Å². The zero-order valence-electron chi connectivity index (χ0n) is 12.5. The second kappa shape index (κ2) is 7.59. The normalized spacial score (nSPS) is 13.8. The maximum absolute atomic E-state index is 12.6. The lowest BCUT2D eigenvalue weighted by Crippen LogP contribution is -2.15. The fraction of sp³-hybridized carbons (Fsp3) is 0.333. The van der Waals surface area contributed by atoms with E-state index in [0.29, 0.717) is 10.6 Å². The summed E-state index contributed by atoms with van der Waals surface area (Å²) in [6.45, 7) is 2.21. The van der Waals surface area contributed by atoms with Gasteiger partial charge >= 0.3 is 0 Å². The van der Waals surface area contributed by atoms with Gasteiger partial charge in [-0.2, -0.15) is 0 Å². The third-order valence-corrected chi connectivity index (χ3v) is 5.71. The highest BCUT2D eigenvalue weighted by Gasteiger charge is 2.23. The van der Waals surface area contributed by atoms with Crippen LogP contribution in [0.5, 0.6) is 0 Å². The molecule has 2 aromatic rings. The molecule has 1 unspecified atom stereocenters. The van der Waals surface area contributed by atoms with E-state index in [1.165, 1.54) is 31.2 Å². The number of unbranched alkanes of at least 4 members (excludes halogenated alkanes) is 3. The van der Waals surface area contributed by atoms with Gasteiger partial charge in [-0.05, 0) is 42.7 Å². The number of hydrogen-bond donors (Lipinski definition) is 1. The molecule has 0 aliphatic rings. The van der Waals surface area contributed by atoms with Crippen LogP contribution >= 0.6 is 7.37 Å². The standard InChI is InChI=1S/C18H23O2P/c1-2-3-4-6-9-16-12-14-18(15-13-16)21(19,20)17-10-7-5-8-11-17/h5,7-8,10-15H,2-4,6,9H2,1H3,(H,19,20). The van der Waals surface area contributed by atoms with Crippen molar-refractivity contribution in [1.82, 2.24) is 0 Å². The molecule has 2 rings (SSSR count). The average Bonchev–Trinajstić information content (AvgIpc) is 2.53. The summed E-state index contributed by atoms with van der Waals surface area (Å²) in [7, 11) is -3.45. The Kier molecular flexibility index (Phi) is 5.78.